The highest BCUT2D eigenvalue weighted by atomic mass is 32.2. The van der Waals surface area contributed by atoms with Crippen LogP contribution in [0.5, 0.6) is 0 Å². The van der Waals surface area contributed by atoms with E-state index in [1.165, 1.54) is 0 Å². The lowest BCUT2D eigenvalue weighted by molar-refractivity contribution is -0.144. The molecule has 2 N–H and O–H groups in total. The molecule has 1 unspecified atom stereocenters. The zero-order valence-electron chi connectivity index (χ0n) is 12.9. The highest BCUT2D eigenvalue weighted by Gasteiger charge is 2.47. The first-order valence-corrected chi connectivity index (χ1v) is 9.11. The number of nitrogens with two attached hydrogens (primary N) is 1. The topological polar surface area (TPSA) is 79.8 Å². The number of nitriles is 1. The second kappa shape index (κ2) is 6.28. The maximum atomic E-state index is 14.3. The molecule has 0 saturated heterocycles. The van der Waals surface area contributed by atoms with Crippen LogP contribution in [-0.4, -0.2) is 19.7 Å². The molecule has 2 heterocycles. The van der Waals surface area contributed by atoms with Gasteiger partial charge in [-0.25, -0.2) is 13.6 Å². The van der Waals surface area contributed by atoms with Gasteiger partial charge in [0.25, 0.3) is 0 Å². The van der Waals surface area contributed by atoms with Crippen LogP contribution in [-0.2, 0) is 22.6 Å². The summed E-state index contributed by atoms with van der Waals surface area (Å²) < 4.78 is 63.6. The van der Waals surface area contributed by atoms with Crippen LogP contribution in [0.15, 0.2) is 11.1 Å². The van der Waals surface area contributed by atoms with Gasteiger partial charge in [0.15, 0.2) is 11.5 Å². The molecule has 0 bridgehead atoms. The summed E-state index contributed by atoms with van der Waals surface area (Å²) in [4.78, 5) is 2.99. The first-order chi connectivity index (χ1) is 10.9. The third-order valence-electron chi connectivity index (χ3n) is 4.02. The first kappa shape index (κ1) is 19.1. The van der Waals surface area contributed by atoms with Crippen LogP contribution < -0.4 is 5.14 Å². The molecular formula is C14H15F4N3OS2. The fourth-order valence-corrected chi connectivity index (χ4v) is 4.42. The van der Waals surface area contributed by atoms with Gasteiger partial charge in [-0.1, -0.05) is 0 Å². The fourth-order valence-electron chi connectivity index (χ4n) is 2.75. The Labute approximate surface area is 143 Å². The monoisotopic (exact) mass is 381 g/mol. The molecular weight excluding hydrogens is 366 g/mol. The molecule has 24 heavy (non-hydrogen) atoms. The van der Waals surface area contributed by atoms with E-state index in [4.69, 9.17) is 5.14 Å². The van der Waals surface area contributed by atoms with Crippen molar-refractivity contribution in [3.05, 3.63) is 23.3 Å². The number of halogens is 4. The van der Waals surface area contributed by atoms with Crippen LogP contribution in [0.1, 0.15) is 37.9 Å². The van der Waals surface area contributed by atoms with Crippen molar-refractivity contribution in [2.24, 2.45) is 5.14 Å². The van der Waals surface area contributed by atoms with Gasteiger partial charge in [0, 0.05) is 11.8 Å². The Bertz CT molecular complexity index is 730. The lowest BCUT2D eigenvalue weighted by Crippen LogP contribution is -2.42. The van der Waals surface area contributed by atoms with Crippen molar-refractivity contribution in [2.45, 2.75) is 47.9 Å². The highest BCUT2D eigenvalue weighted by molar-refractivity contribution is 7.99. The maximum absolute atomic E-state index is 14.3. The molecule has 10 heteroatoms. The average molecular weight is 381 g/mol. The van der Waals surface area contributed by atoms with Gasteiger partial charge in [-0.3, -0.25) is 5.14 Å². The number of rotatable bonds is 3. The highest BCUT2D eigenvalue weighted by Crippen LogP contribution is 2.48. The molecule has 0 spiro atoms. The molecule has 0 saturated carbocycles. The van der Waals surface area contributed by atoms with E-state index in [2.05, 4.69) is 11.1 Å². The zero-order valence-corrected chi connectivity index (χ0v) is 14.5. The molecule has 1 aromatic rings. The van der Waals surface area contributed by atoms with Gasteiger partial charge in [-0.05, 0) is 32.4 Å². The van der Waals surface area contributed by atoms with Crippen molar-refractivity contribution in [2.75, 3.05) is 5.75 Å². The first-order valence-electron chi connectivity index (χ1n) is 6.91. The Kier molecular flexibility index (Phi) is 5.01. The summed E-state index contributed by atoms with van der Waals surface area (Å²) in [6.07, 6.45) is -3.69. The van der Waals surface area contributed by atoms with E-state index in [0.717, 1.165) is 18.0 Å². The van der Waals surface area contributed by atoms with E-state index < -0.39 is 38.8 Å². The molecule has 0 radical (unpaired) electrons. The second-order valence-corrected chi connectivity index (χ2v) is 8.99. The molecule has 1 aliphatic rings. The average Bonchev–Trinajstić information content (AvgIpc) is 2.46. The van der Waals surface area contributed by atoms with E-state index in [9.17, 15) is 27.0 Å². The summed E-state index contributed by atoms with van der Waals surface area (Å²) in [6, 6.07) is 2.08. The Morgan fingerprint density at radius 2 is 2.12 bits per heavy atom. The summed E-state index contributed by atoms with van der Waals surface area (Å²) in [5.41, 5.74) is -2.77. The Hall–Kier alpha value is -1.18. The number of nitrogens with zero attached hydrogens (tertiary/aromatic N) is 2. The Morgan fingerprint density at radius 1 is 1.50 bits per heavy atom. The van der Waals surface area contributed by atoms with E-state index in [0.29, 0.717) is 0 Å². The van der Waals surface area contributed by atoms with E-state index in [-0.39, 0.29) is 29.1 Å². The van der Waals surface area contributed by atoms with Crippen LogP contribution in [0, 0.1) is 17.1 Å². The lowest BCUT2D eigenvalue weighted by Gasteiger charge is -2.37. The standard InChI is InChI=1S/C14H15F4N3OS2/c1-12(2,24(20)22)6-13(7-19)3-4-23-10-8(13)5-21-11(9(10)15)14(16,17)18/h5H,3-4,6,20H2,1-2H3/t13-,24?/m0/s1. The van der Waals surface area contributed by atoms with Gasteiger partial charge in [0.1, 0.15) is 0 Å². The van der Waals surface area contributed by atoms with E-state index >= 15 is 0 Å². The van der Waals surface area contributed by atoms with E-state index in [1.807, 2.05) is 0 Å². The van der Waals surface area contributed by atoms with Crippen LogP contribution in [0.2, 0.25) is 0 Å². The van der Waals surface area contributed by atoms with Gasteiger partial charge >= 0.3 is 6.18 Å². The summed E-state index contributed by atoms with van der Waals surface area (Å²) in [7, 11) is -1.76. The van der Waals surface area contributed by atoms with Crippen LogP contribution in [0.4, 0.5) is 17.6 Å². The molecule has 0 aromatic carbocycles. The summed E-state index contributed by atoms with van der Waals surface area (Å²) >= 11 is 0.924. The van der Waals surface area contributed by atoms with Gasteiger partial charge in [-0.15, -0.1) is 11.8 Å². The minimum Gasteiger partial charge on any atom is -0.251 e. The number of hydrogen-bond acceptors (Lipinski definition) is 4. The van der Waals surface area contributed by atoms with Crippen LogP contribution in [0.3, 0.4) is 0 Å². The minimum atomic E-state index is -4.91. The molecule has 0 amide bonds. The maximum Gasteiger partial charge on any atom is 0.436 e. The quantitative estimate of drug-likeness (QED) is 0.815. The van der Waals surface area contributed by atoms with Crippen molar-refractivity contribution in [3.63, 3.8) is 0 Å². The minimum absolute atomic E-state index is 0.0274. The summed E-state index contributed by atoms with van der Waals surface area (Å²) in [5.74, 6) is -1.19. The SMILES string of the molecule is CC(C)(C[C@]1(C#N)CCSc2c1cnc(C(F)(F)F)c2F)S(N)=O. The number of pyridine rings is 1. The van der Waals surface area contributed by atoms with Gasteiger partial charge in [0.05, 0.1) is 32.1 Å². The van der Waals surface area contributed by atoms with Crippen LogP contribution >= 0.6 is 11.8 Å². The number of hydrogen-bond donors (Lipinski definition) is 1. The summed E-state index contributed by atoms with van der Waals surface area (Å²) in [6.45, 7) is 3.19. The molecule has 0 fully saturated rings. The van der Waals surface area contributed by atoms with Crippen LogP contribution in [0.25, 0.3) is 0 Å². The Balaban J connectivity index is 2.61. The van der Waals surface area contributed by atoms with Crippen molar-refractivity contribution >= 4 is 22.7 Å². The molecule has 132 valence electrons. The summed E-state index contributed by atoms with van der Waals surface area (Å²) in [5, 5.41) is 15.1. The molecule has 2 rings (SSSR count). The van der Waals surface area contributed by atoms with E-state index in [1.54, 1.807) is 13.8 Å². The van der Waals surface area contributed by atoms with Crippen molar-refractivity contribution in [1.29, 1.82) is 5.26 Å². The predicted molar refractivity (Wildman–Crippen MR) is 82.9 cm³/mol. The van der Waals surface area contributed by atoms with Crippen molar-refractivity contribution in [1.82, 2.24) is 4.98 Å². The lowest BCUT2D eigenvalue weighted by atomic mass is 9.73. The van der Waals surface area contributed by atoms with Gasteiger partial charge in [-0.2, -0.15) is 18.4 Å². The van der Waals surface area contributed by atoms with Crippen molar-refractivity contribution < 1.29 is 21.8 Å². The Morgan fingerprint density at radius 3 is 2.62 bits per heavy atom. The molecule has 1 aromatic heterocycles. The normalized spacial score (nSPS) is 22.6. The molecule has 1 aliphatic heterocycles. The third-order valence-corrected chi connectivity index (χ3v) is 6.35. The number of aromatic nitrogens is 1. The molecule has 2 atom stereocenters. The largest absolute Gasteiger partial charge is 0.436 e. The van der Waals surface area contributed by atoms with Crippen molar-refractivity contribution in [3.8, 4) is 6.07 Å². The van der Waals surface area contributed by atoms with Gasteiger partial charge in [0.2, 0.25) is 0 Å². The van der Waals surface area contributed by atoms with Gasteiger partial charge < -0.3 is 0 Å². The third kappa shape index (κ3) is 3.30. The number of alkyl halides is 3. The zero-order chi connectivity index (χ0) is 18.3. The molecule has 0 aliphatic carbocycles. The number of fused-ring (bicyclic) bond motifs is 1. The second-order valence-electron chi connectivity index (χ2n) is 6.19. The number of thioether (sulfide) groups is 1. The predicted octanol–water partition coefficient (Wildman–Crippen LogP) is 3.29. The fraction of sp³-hybridized carbons (Fsp3) is 0.571. The molecule has 4 nitrogen and oxygen atoms in total. The smallest absolute Gasteiger partial charge is 0.251 e.